The van der Waals surface area contributed by atoms with E-state index < -0.39 is 0 Å². The molecule has 0 heterocycles. The van der Waals surface area contributed by atoms with Gasteiger partial charge in [0.05, 0.1) is 5.92 Å². The number of benzene rings is 1. The van der Waals surface area contributed by atoms with Gasteiger partial charge in [-0.3, -0.25) is 4.79 Å². The molecule has 3 N–H and O–H groups in total. The average Bonchev–Trinajstić information content (AvgIpc) is 2.68. The lowest BCUT2D eigenvalue weighted by molar-refractivity contribution is -0.118. The minimum atomic E-state index is -0.0985. The number of carbonyl (C=O) groups excluding carboxylic acids is 1. The predicted molar refractivity (Wildman–Crippen MR) is 68.0 cm³/mol. The highest BCUT2D eigenvalue weighted by molar-refractivity contribution is 9.10. The quantitative estimate of drug-likeness (QED) is 0.817. The molecular formula is C12H13BrN2O. The molecule has 1 aromatic carbocycles. The zero-order chi connectivity index (χ0) is 11.5. The van der Waals surface area contributed by atoms with Crippen molar-refractivity contribution >= 4 is 27.5 Å². The molecule has 2 unspecified atom stereocenters. The first-order valence-electron chi connectivity index (χ1n) is 5.15. The van der Waals surface area contributed by atoms with E-state index >= 15 is 0 Å². The summed E-state index contributed by atoms with van der Waals surface area (Å²) in [6, 6.07) is 7.53. The van der Waals surface area contributed by atoms with Gasteiger partial charge in [-0.2, -0.15) is 0 Å². The number of anilines is 1. The molecule has 1 aliphatic carbocycles. The molecule has 0 saturated heterocycles. The highest BCUT2D eigenvalue weighted by Crippen LogP contribution is 2.19. The van der Waals surface area contributed by atoms with Crippen molar-refractivity contribution in [3.05, 3.63) is 40.9 Å². The Morgan fingerprint density at radius 3 is 2.56 bits per heavy atom. The number of hydrogen-bond acceptors (Lipinski definition) is 2. The topological polar surface area (TPSA) is 55.1 Å². The van der Waals surface area contributed by atoms with Crippen LogP contribution in [0, 0.1) is 5.92 Å². The lowest BCUT2D eigenvalue weighted by Crippen LogP contribution is -2.23. The zero-order valence-corrected chi connectivity index (χ0v) is 10.3. The summed E-state index contributed by atoms with van der Waals surface area (Å²) in [5, 5.41) is 2.87. The first kappa shape index (κ1) is 11.4. The fourth-order valence-corrected chi connectivity index (χ4v) is 1.95. The van der Waals surface area contributed by atoms with Gasteiger partial charge in [-0.05, 0) is 30.7 Å². The number of rotatable bonds is 2. The van der Waals surface area contributed by atoms with E-state index in [4.69, 9.17) is 5.73 Å². The van der Waals surface area contributed by atoms with Gasteiger partial charge < -0.3 is 11.1 Å². The number of carbonyl (C=O) groups is 1. The van der Waals surface area contributed by atoms with E-state index in [-0.39, 0.29) is 17.9 Å². The summed E-state index contributed by atoms with van der Waals surface area (Å²) < 4.78 is 0.994. The average molecular weight is 281 g/mol. The Kier molecular flexibility index (Phi) is 3.41. The van der Waals surface area contributed by atoms with Crippen molar-refractivity contribution in [1.29, 1.82) is 0 Å². The van der Waals surface area contributed by atoms with Gasteiger partial charge in [0, 0.05) is 16.2 Å². The number of halogens is 1. The molecule has 1 aromatic rings. The first-order valence-corrected chi connectivity index (χ1v) is 5.95. The maximum atomic E-state index is 11.8. The van der Waals surface area contributed by atoms with Crippen LogP contribution in [0.4, 0.5) is 5.69 Å². The predicted octanol–water partition coefficient (Wildman–Crippen LogP) is 2.29. The molecular weight excluding hydrogens is 268 g/mol. The molecule has 0 aliphatic heterocycles. The molecule has 0 bridgehead atoms. The minimum absolute atomic E-state index is 0.00604. The molecule has 2 atom stereocenters. The van der Waals surface area contributed by atoms with Gasteiger partial charge in [-0.1, -0.05) is 28.1 Å². The van der Waals surface area contributed by atoms with E-state index in [1.165, 1.54) is 0 Å². The summed E-state index contributed by atoms with van der Waals surface area (Å²) in [5.74, 6) is -0.0924. The number of nitrogens with two attached hydrogens (primary N) is 1. The smallest absolute Gasteiger partial charge is 0.231 e. The second-order valence-corrected chi connectivity index (χ2v) is 4.80. The van der Waals surface area contributed by atoms with Crippen molar-refractivity contribution in [2.45, 2.75) is 12.5 Å². The Bertz CT molecular complexity index is 414. The number of nitrogens with one attached hydrogen (secondary N) is 1. The first-order chi connectivity index (χ1) is 7.65. The van der Waals surface area contributed by atoms with E-state index in [0.717, 1.165) is 10.2 Å². The summed E-state index contributed by atoms with van der Waals surface area (Å²) in [7, 11) is 0. The Morgan fingerprint density at radius 2 is 2.00 bits per heavy atom. The highest BCUT2D eigenvalue weighted by atomic mass is 79.9. The Labute approximate surface area is 103 Å². The second-order valence-electron chi connectivity index (χ2n) is 3.89. The van der Waals surface area contributed by atoms with Crippen LogP contribution in [0.3, 0.4) is 0 Å². The van der Waals surface area contributed by atoms with E-state index in [2.05, 4.69) is 21.2 Å². The zero-order valence-electron chi connectivity index (χ0n) is 8.69. The third-order valence-electron chi connectivity index (χ3n) is 2.57. The second kappa shape index (κ2) is 4.80. The van der Waals surface area contributed by atoms with Crippen LogP contribution in [0.25, 0.3) is 0 Å². The summed E-state index contributed by atoms with van der Waals surface area (Å²) in [6.07, 6.45) is 4.45. The number of hydrogen-bond donors (Lipinski definition) is 2. The lowest BCUT2D eigenvalue weighted by Gasteiger charge is -2.10. The molecule has 3 nitrogen and oxygen atoms in total. The fraction of sp³-hybridized carbons (Fsp3) is 0.250. The van der Waals surface area contributed by atoms with Crippen LogP contribution in [0.5, 0.6) is 0 Å². The highest BCUT2D eigenvalue weighted by Gasteiger charge is 2.22. The third-order valence-corrected chi connectivity index (χ3v) is 3.09. The Hall–Kier alpha value is -1.13. The molecule has 0 fully saturated rings. The van der Waals surface area contributed by atoms with Gasteiger partial charge in [-0.15, -0.1) is 0 Å². The molecule has 16 heavy (non-hydrogen) atoms. The van der Waals surface area contributed by atoms with Crippen LogP contribution in [0.15, 0.2) is 40.9 Å². The SMILES string of the molecule is NC1C=CC(C(=O)Nc2ccc(Br)cc2)C1. The lowest BCUT2D eigenvalue weighted by atomic mass is 10.1. The molecule has 1 aliphatic rings. The van der Waals surface area contributed by atoms with Gasteiger partial charge in [0.2, 0.25) is 5.91 Å². The molecule has 84 valence electrons. The van der Waals surface area contributed by atoms with Gasteiger partial charge >= 0.3 is 0 Å². The Morgan fingerprint density at radius 1 is 1.31 bits per heavy atom. The fourth-order valence-electron chi connectivity index (χ4n) is 1.69. The van der Waals surface area contributed by atoms with Crippen molar-refractivity contribution in [3.8, 4) is 0 Å². The molecule has 0 spiro atoms. The maximum Gasteiger partial charge on any atom is 0.231 e. The molecule has 4 heteroatoms. The largest absolute Gasteiger partial charge is 0.326 e. The minimum Gasteiger partial charge on any atom is -0.326 e. The van der Waals surface area contributed by atoms with Crippen LogP contribution in [-0.4, -0.2) is 11.9 Å². The van der Waals surface area contributed by atoms with E-state index in [9.17, 15) is 4.79 Å². The van der Waals surface area contributed by atoms with Crippen LogP contribution >= 0.6 is 15.9 Å². The summed E-state index contributed by atoms with van der Waals surface area (Å²) in [5.41, 5.74) is 6.51. The van der Waals surface area contributed by atoms with Crippen LogP contribution in [-0.2, 0) is 4.79 Å². The van der Waals surface area contributed by atoms with Crippen LogP contribution < -0.4 is 11.1 Å². The summed E-state index contributed by atoms with van der Waals surface area (Å²) in [4.78, 5) is 11.8. The molecule has 2 rings (SSSR count). The van der Waals surface area contributed by atoms with Crippen LogP contribution in [0.1, 0.15) is 6.42 Å². The molecule has 0 aromatic heterocycles. The van der Waals surface area contributed by atoms with Crippen molar-refractivity contribution in [1.82, 2.24) is 0 Å². The summed E-state index contributed by atoms with van der Waals surface area (Å²) in [6.45, 7) is 0. The third kappa shape index (κ3) is 2.71. The monoisotopic (exact) mass is 280 g/mol. The van der Waals surface area contributed by atoms with Crippen molar-refractivity contribution in [2.24, 2.45) is 11.7 Å². The number of amides is 1. The van der Waals surface area contributed by atoms with Gasteiger partial charge in [0.15, 0.2) is 0 Å². The van der Waals surface area contributed by atoms with E-state index in [0.29, 0.717) is 6.42 Å². The molecule has 0 radical (unpaired) electrons. The molecule has 1 amide bonds. The van der Waals surface area contributed by atoms with Gasteiger partial charge in [0.1, 0.15) is 0 Å². The van der Waals surface area contributed by atoms with Crippen molar-refractivity contribution in [2.75, 3.05) is 5.32 Å². The normalized spacial score (nSPS) is 23.4. The van der Waals surface area contributed by atoms with Gasteiger partial charge in [0.25, 0.3) is 0 Å². The van der Waals surface area contributed by atoms with Gasteiger partial charge in [-0.25, -0.2) is 0 Å². The van der Waals surface area contributed by atoms with E-state index in [1.54, 1.807) is 0 Å². The standard InChI is InChI=1S/C12H13BrN2O/c13-9-2-5-11(6-3-9)15-12(16)8-1-4-10(14)7-8/h1-6,8,10H,7,14H2,(H,15,16). The Balaban J connectivity index is 1.97. The summed E-state index contributed by atoms with van der Waals surface area (Å²) >= 11 is 3.35. The van der Waals surface area contributed by atoms with Crippen LogP contribution in [0.2, 0.25) is 0 Å². The van der Waals surface area contributed by atoms with Crippen molar-refractivity contribution in [3.63, 3.8) is 0 Å². The van der Waals surface area contributed by atoms with E-state index in [1.807, 2.05) is 36.4 Å². The molecule has 0 saturated carbocycles. The maximum absolute atomic E-state index is 11.8. The van der Waals surface area contributed by atoms with Crippen molar-refractivity contribution < 1.29 is 4.79 Å².